The Morgan fingerprint density at radius 2 is 1.89 bits per heavy atom. The summed E-state index contributed by atoms with van der Waals surface area (Å²) in [4.78, 5) is 18.1. The molecule has 1 heterocycles. The minimum atomic E-state index is 0.00120. The van der Waals surface area contributed by atoms with Crippen molar-refractivity contribution in [3.63, 3.8) is 0 Å². The van der Waals surface area contributed by atoms with E-state index in [9.17, 15) is 4.79 Å². The highest BCUT2D eigenvalue weighted by Crippen LogP contribution is 2.12. The van der Waals surface area contributed by atoms with Crippen LogP contribution in [0.4, 0.5) is 0 Å². The van der Waals surface area contributed by atoms with Crippen LogP contribution in [0.15, 0.2) is 35.3 Å². The lowest BCUT2D eigenvalue weighted by atomic mass is 10.1. The van der Waals surface area contributed by atoms with E-state index in [4.69, 9.17) is 0 Å². The molecule has 0 aliphatic rings. The molecule has 0 saturated carbocycles. The highest BCUT2D eigenvalue weighted by Gasteiger charge is 2.10. The molecule has 0 saturated heterocycles. The quantitative estimate of drug-likeness (QED) is 0.571. The molecule has 0 spiro atoms. The molecule has 1 amide bonds. The predicted octanol–water partition coefficient (Wildman–Crippen LogP) is 1.40. The lowest BCUT2D eigenvalue weighted by molar-refractivity contribution is -0.127. The van der Waals surface area contributed by atoms with Gasteiger partial charge in [0.2, 0.25) is 5.91 Å². The van der Waals surface area contributed by atoms with Gasteiger partial charge in [0, 0.05) is 38.9 Å². The lowest BCUT2D eigenvalue weighted by Crippen LogP contribution is -2.43. The molecule has 1 aromatic carbocycles. The van der Waals surface area contributed by atoms with Crippen LogP contribution in [-0.2, 0) is 24.8 Å². The number of aliphatic imine (C=N–C) groups is 1. The summed E-state index contributed by atoms with van der Waals surface area (Å²) < 4.78 is 1.87. The first kappa shape index (κ1) is 20.5. The standard InChI is InChI=1S/C20H30N6O/c1-15-18(16(2)26(5)24-15)13-22-20(23-14-19(27)25(3)4)21-12-11-17-9-7-6-8-10-17/h6-10H,11-14H2,1-5H3,(H2,21,22,23). The Morgan fingerprint density at radius 1 is 1.19 bits per heavy atom. The van der Waals surface area contributed by atoms with Gasteiger partial charge in [0.15, 0.2) is 5.96 Å². The predicted molar refractivity (Wildman–Crippen MR) is 109 cm³/mol. The molecule has 0 fully saturated rings. The van der Waals surface area contributed by atoms with Gasteiger partial charge in [0.25, 0.3) is 0 Å². The van der Waals surface area contributed by atoms with Gasteiger partial charge in [0.1, 0.15) is 0 Å². The van der Waals surface area contributed by atoms with Crippen molar-refractivity contribution in [1.29, 1.82) is 0 Å². The molecule has 27 heavy (non-hydrogen) atoms. The van der Waals surface area contributed by atoms with Crippen LogP contribution in [-0.4, -0.2) is 53.7 Å². The van der Waals surface area contributed by atoms with E-state index in [1.165, 1.54) is 5.56 Å². The maximum Gasteiger partial charge on any atom is 0.241 e. The molecule has 2 aromatic rings. The number of carbonyl (C=O) groups excluding carboxylic acids is 1. The third kappa shape index (κ3) is 6.13. The van der Waals surface area contributed by atoms with Crippen molar-refractivity contribution in [2.45, 2.75) is 26.8 Å². The van der Waals surface area contributed by atoms with E-state index in [1.807, 2.05) is 43.8 Å². The van der Waals surface area contributed by atoms with Crippen molar-refractivity contribution in [3.05, 3.63) is 52.8 Å². The Labute approximate surface area is 161 Å². The van der Waals surface area contributed by atoms with Crippen molar-refractivity contribution in [2.24, 2.45) is 12.0 Å². The summed E-state index contributed by atoms with van der Waals surface area (Å²) >= 11 is 0. The SMILES string of the molecule is Cc1nn(C)c(C)c1CN=C(NCCc1ccccc1)NCC(=O)N(C)C. The number of rotatable bonds is 7. The van der Waals surface area contributed by atoms with Crippen LogP contribution in [0.3, 0.4) is 0 Å². The molecular formula is C20H30N6O. The molecule has 146 valence electrons. The van der Waals surface area contributed by atoms with E-state index in [0.29, 0.717) is 12.5 Å². The molecule has 1 aromatic heterocycles. The van der Waals surface area contributed by atoms with E-state index < -0.39 is 0 Å². The molecule has 7 heteroatoms. The number of aryl methyl sites for hydroxylation is 2. The molecule has 0 radical (unpaired) electrons. The number of nitrogens with zero attached hydrogens (tertiary/aromatic N) is 4. The number of nitrogens with one attached hydrogen (secondary N) is 2. The minimum absolute atomic E-state index is 0.00120. The summed E-state index contributed by atoms with van der Waals surface area (Å²) in [6.45, 7) is 5.48. The van der Waals surface area contributed by atoms with E-state index in [-0.39, 0.29) is 12.5 Å². The highest BCUT2D eigenvalue weighted by molar-refractivity contribution is 5.86. The topological polar surface area (TPSA) is 74.5 Å². The third-order valence-electron chi connectivity index (χ3n) is 4.51. The first-order valence-corrected chi connectivity index (χ1v) is 9.13. The molecule has 2 N–H and O–H groups in total. The fourth-order valence-electron chi connectivity index (χ4n) is 2.67. The normalized spacial score (nSPS) is 11.4. The Kier molecular flexibility index (Phi) is 7.40. The van der Waals surface area contributed by atoms with Gasteiger partial charge in [-0.2, -0.15) is 5.10 Å². The van der Waals surface area contributed by atoms with Crippen LogP contribution in [0.5, 0.6) is 0 Å². The van der Waals surface area contributed by atoms with E-state index in [0.717, 1.165) is 29.9 Å². The Bertz CT molecular complexity index is 779. The molecule has 0 aliphatic heterocycles. The smallest absolute Gasteiger partial charge is 0.241 e. The van der Waals surface area contributed by atoms with Gasteiger partial charge in [-0.05, 0) is 25.8 Å². The van der Waals surface area contributed by atoms with Crippen LogP contribution in [0.25, 0.3) is 0 Å². The molecule has 0 unspecified atom stereocenters. The van der Waals surface area contributed by atoms with Crippen LogP contribution in [0.2, 0.25) is 0 Å². The number of carbonyl (C=O) groups is 1. The summed E-state index contributed by atoms with van der Waals surface area (Å²) in [5.41, 5.74) is 4.45. The zero-order valence-electron chi connectivity index (χ0n) is 16.9. The number of benzene rings is 1. The number of aromatic nitrogens is 2. The maximum absolute atomic E-state index is 11.9. The highest BCUT2D eigenvalue weighted by atomic mass is 16.2. The molecule has 2 rings (SSSR count). The fraction of sp³-hybridized carbons (Fsp3) is 0.450. The number of amides is 1. The maximum atomic E-state index is 11.9. The Morgan fingerprint density at radius 3 is 2.48 bits per heavy atom. The number of hydrogen-bond acceptors (Lipinski definition) is 3. The molecule has 0 aliphatic carbocycles. The average molecular weight is 371 g/mol. The fourth-order valence-corrected chi connectivity index (χ4v) is 2.67. The second-order valence-electron chi connectivity index (χ2n) is 6.74. The number of likely N-dealkylation sites (N-methyl/N-ethyl adjacent to an activating group) is 1. The number of hydrogen-bond donors (Lipinski definition) is 2. The van der Waals surface area contributed by atoms with Gasteiger partial charge >= 0.3 is 0 Å². The third-order valence-corrected chi connectivity index (χ3v) is 4.51. The summed E-state index contributed by atoms with van der Waals surface area (Å²) in [5, 5.41) is 10.9. The summed E-state index contributed by atoms with van der Waals surface area (Å²) in [5.74, 6) is 0.630. The van der Waals surface area contributed by atoms with Crippen molar-refractivity contribution < 1.29 is 4.79 Å². The largest absolute Gasteiger partial charge is 0.356 e. The molecule has 7 nitrogen and oxygen atoms in total. The second kappa shape index (κ2) is 9.75. The van der Waals surface area contributed by atoms with Gasteiger partial charge in [-0.1, -0.05) is 30.3 Å². The van der Waals surface area contributed by atoms with Crippen LogP contribution < -0.4 is 10.6 Å². The van der Waals surface area contributed by atoms with Gasteiger partial charge in [0.05, 0.1) is 18.8 Å². The minimum Gasteiger partial charge on any atom is -0.356 e. The van der Waals surface area contributed by atoms with Crippen LogP contribution in [0.1, 0.15) is 22.5 Å². The van der Waals surface area contributed by atoms with Crippen molar-refractivity contribution in [1.82, 2.24) is 25.3 Å². The van der Waals surface area contributed by atoms with Crippen molar-refractivity contribution in [2.75, 3.05) is 27.2 Å². The van der Waals surface area contributed by atoms with Crippen LogP contribution in [0, 0.1) is 13.8 Å². The van der Waals surface area contributed by atoms with Gasteiger partial charge in [-0.3, -0.25) is 9.48 Å². The van der Waals surface area contributed by atoms with E-state index in [2.05, 4.69) is 32.9 Å². The van der Waals surface area contributed by atoms with Crippen molar-refractivity contribution in [3.8, 4) is 0 Å². The second-order valence-corrected chi connectivity index (χ2v) is 6.74. The van der Waals surface area contributed by atoms with Gasteiger partial charge in [-0.25, -0.2) is 4.99 Å². The zero-order chi connectivity index (χ0) is 19.8. The van der Waals surface area contributed by atoms with E-state index >= 15 is 0 Å². The molecule has 0 atom stereocenters. The summed E-state index contributed by atoms with van der Waals surface area (Å²) in [6.07, 6.45) is 0.883. The monoisotopic (exact) mass is 370 g/mol. The van der Waals surface area contributed by atoms with Gasteiger partial charge in [-0.15, -0.1) is 0 Å². The summed E-state index contributed by atoms with van der Waals surface area (Å²) in [6, 6.07) is 10.3. The molecular weight excluding hydrogens is 340 g/mol. The Hall–Kier alpha value is -2.83. The van der Waals surface area contributed by atoms with Crippen molar-refractivity contribution >= 4 is 11.9 Å². The van der Waals surface area contributed by atoms with Crippen LogP contribution >= 0.6 is 0 Å². The first-order chi connectivity index (χ1) is 12.9. The number of guanidine groups is 1. The average Bonchev–Trinajstić information content (AvgIpc) is 2.89. The molecule has 0 bridgehead atoms. The Balaban J connectivity index is 2.02. The zero-order valence-corrected chi connectivity index (χ0v) is 16.9. The summed E-state index contributed by atoms with van der Waals surface area (Å²) in [7, 11) is 5.42. The van der Waals surface area contributed by atoms with Gasteiger partial charge < -0.3 is 15.5 Å². The lowest BCUT2D eigenvalue weighted by Gasteiger charge is -2.15. The first-order valence-electron chi connectivity index (χ1n) is 9.13. The van der Waals surface area contributed by atoms with E-state index in [1.54, 1.807) is 19.0 Å².